The fourth-order valence-corrected chi connectivity index (χ4v) is 1.38. The van der Waals surface area contributed by atoms with Gasteiger partial charge in [-0.1, -0.05) is 30.3 Å². The molecule has 1 aromatic heterocycles. The molecule has 0 aliphatic rings. The highest BCUT2D eigenvalue weighted by Crippen LogP contribution is 2.17. The van der Waals surface area contributed by atoms with Crippen LogP contribution in [0.2, 0.25) is 0 Å². The fraction of sp³-hybridized carbons (Fsp3) is 0.308. The third-order valence-electron chi connectivity index (χ3n) is 2.35. The van der Waals surface area contributed by atoms with Crippen LogP contribution in [0.25, 0.3) is 11.4 Å². The van der Waals surface area contributed by atoms with E-state index < -0.39 is 0 Å². The van der Waals surface area contributed by atoms with Crippen LogP contribution >= 0.6 is 0 Å². The smallest absolute Gasteiger partial charge is 0.137 e. The predicted molar refractivity (Wildman–Crippen MR) is 72.8 cm³/mol. The third kappa shape index (κ3) is 3.96. The number of nitrogens with two attached hydrogens (primary N) is 2. The lowest BCUT2D eigenvalue weighted by Gasteiger charge is -1.93. The molecular formula is C13H20N4O. The molecule has 18 heavy (non-hydrogen) atoms. The molecule has 5 nitrogen and oxygen atoms in total. The van der Waals surface area contributed by atoms with Crippen molar-refractivity contribution < 1.29 is 5.11 Å². The molecule has 0 saturated heterocycles. The number of nitrogens with one attached hydrogen (secondary N) is 1. The van der Waals surface area contributed by atoms with Crippen molar-refractivity contribution in [2.24, 2.45) is 11.5 Å². The highest BCUT2D eigenvalue weighted by atomic mass is 16.3. The normalized spacial score (nSPS) is 9.78. The number of aliphatic hydroxyl groups is 1. The maximum atomic E-state index is 9.00. The Balaban J connectivity index is 0.000000357. The van der Waals surface area contributed by atoms with Gasteiger partial charge in [-0.05, 0) is 6.92 Å². The van der Waals surface area contributed by atoms with Crippen molar-refractivity contribution in [3.05, 3.63) is 41.7 Å². The van der Waals surface area contributed by atoms with Gasteiger partial charge in [-0.15, -0.1) is 0 Å². The van der Waals surface area contributed by atoms with Crippen LogP contribution in [0.1, 0.15) is 11.4 Å². The zero-order valence-corrected chi connectivity index (χ0v) is 10.6. The van der Waals surface area contributed by atoms with Gasteiger partial charge in [0.05, 0.1) is 12.3 Å². The van der Waals surface area contributed by atoms with E-state index in [1.54, 1.807) is 0 Å². The van der Waals surface area contributed by atoms with Crippen LogP contribution in [0.15, 0.2) is 30.3 Å². The number of aliphatic hydroxyl groups excluding tert-OH is 1. The summed E-state index contributed by atoms with van der Waals surface area (Å²) in [5.41, 5.74) is 12.5. The van der Waals surface area contributed by atoms with E-state index in [0.29, 0.717) is 18.8 Å². The molecule has 2 aromatic rings. The lowest BCUT2D eigenvalue weighted by atomic mass is 10.2. The SMILES string of the molecule is Cc1[nH]c(-c2ccccc2)nc1CO.NCCN. The van der Waals surface area contributed by atoms with E-state index in [1.165, 1.54) is 0 Å². The van der Waals surface area contributed by atoms with Gasteiger partial charge < -0.3 is 21.6 Å². The largest absolute Gasteiger partial charge is 0.390 e. The number of nitrogens with zero attached hydrogens (tertiary/aromatic N) is 1. The Hall–Kier alpha value is -1.69. The Bertz CT molecular complexity index is 451. The first-order valence-electron chi connectivity index (χ1n) is 5.84. The molecule has 0 saturated carbocycles. The first-order valence-corrected chi connectivity index (χ1v) is 5.84. The highest BCUT2D eigenvalue weighted by molar-refractivity contribution is 5.55. The first kappa shape index (κ1) is 14.4. The molecule has 6 N–H and O–H groups in total. The maximum Gasteiger partial charge on any atom is 0.137 e. The molecule has 1 aromatic carbocycles. The van der Waals surface area contributed by atoms with Gasteiger partial charge in [0.15, 0.2) is 0 Å². The standard InChI is InChI=1S/C11H12N2O.C2H8N2/c1-8-10(7-14)13-11(12-8)9-5-3-2-4-6-9;3-1-2-4/h2-6,14H,7H2,1H3,(H,12,13);1-4H2. The van der Waals surface area contributed by atoms with Gasteiger partial charge in [-0.2, -0.15) is 0 Å². The second kappa shape index (κ2) is 7.60. The van der Waals surface area contributed by atoms with Gasteiger partial charge in [0.2, 0.25) is 0 Å². The molecular weight excluding hydrogens is 228 g/mol. The summed E-state index contributed by atoms with van der Waals surface area (Å²) in [5.74, 6) is 0.812. The minimum absolute atomic E-state index is 0.0187. The summed E-state index contributed by atoms with van der Waals surface area (Å²) >= 11 is 0. The summed E-state index contributed by atoms with van der Waals surface area (Å²) in [5, 5.41) is 9.00. The second-order valence-corrected chi connectivity index (χ2v) is 3.76. The van der Waals surface area contributed by atoms with E-state index >= 15 is 0 Å². The molecule has 0 fully saturated rings. The monoisotopic (exact) mass is 248 g/mol. The number of benzene rings is 1. The van der Waals surface area contributed by atoms with Crippen molar-refractivity contribution in [2.75, 3.05) is 13.1 Å². The number of rotatable bonds is 3. The van der Waals surface area contributed by atoms with Gasteiger partial charge in [0, 0.05) is 24.3 Å². The second-order valence-electron chi connectivity index (χ2n) is 3.76. The lowest BCUT2D eigenvalue weighted by molar-refractivity contribution is 0.276. The topological polar surface area (TPSA) is 101 Å². The fourth-order valence-electron chi connectivity index (χ4n) is 1.38. The number of aromatic amines is 1. The Morgan fingerprint density at radius 2 is 1.78 bits per heavy atom. The quantitative estimate of drug-likeness (QED) is 0.644. The zero-order chi connectivity index (χ0) is 13.4. The number of aromatic nitrogens is 2. The highest BCUT2D eigenvalue weighted by Gasteiger charge is 2.06. The molecule has 1 heterocycles. The van der Waals surface area contributed by atoms with E-state index in [1.807, 2.05) is 37.3 Å². The Kier molecular flexibility index (Phi) is 6.07. The van der Waals surface area contributed by atoms with Crippen LogP contribution in [0, 0.1) is 6.92 Å². The number of hydrogen-bond donors (Lipinski definition) is 4. The minimum Gasteiger partial charge on any atom is -0.390 e. The van der Waals surface area contributed by atoms with Crippen molar-refractivity contribution in [3.8, 4) is 11.4 Å². The van der Waals surface area contributed by atoms with Crippen molar-refractivity contribution in [1.82, 2.24) is 9.97 Å². The van der Waals surface area contributed by atoms with Crippen LogP contribution in [-0.2, 0) is 6.61 Å². The molecule has 0 spiro atoms. The minimum atomic E-state index is -0.0187. The molecule has 0 bridgehead atoms. The average Bonchev–Trinajstić information content (AvgIpc) is 2.81. The van der Waals surface area contributed by atoms with Gasteiger partial charge in [0.1, 0.15) is 5.82 Å². The molecule has 98 valence electrons. The van der Waals surface area contributed by atoms with Gasteiger partial charge in [-0.3, -0.25) is 0 Å². The zero-order valence-electron chi connectivity index (χ0n) is 10.6. The number of H-pyrrole nitrogens is 1. The Labute approximate surface area is 107 Å². The van der Waals surface area contributed by atoms with Crippen LogP contribution in [0.5, 0.6) is 0 Å². The molecule has 0 amide bonds. The van der Waals surface area contributed by atoms with Crippen molar-refractivity contribution >= 4 is 0 Å². The van der Waals surface area contributed by atoms with Crippen molar-refractivity contribution in [3.63, 3.8) is 0 Å². The van der Waals surface area contributed by atoms with E-state index in [4.69, 9.17) is 16.6 Å². The summed E-state index contributed by atoms with van der Waals surface area (Å²) in [6.45, 7) is 3.08. The van der Waals surface area contributed by atoms with Crippen LogP contribution < -0.4 is 11.5 Å². The number of imidazole rings is 1. The third-order valence-corrected chi connectivity index (χ3v) is 2.35. The first-order chi connectivity index (χ1) is 8.72. The van der Waals surface area contributed by atoms with Gasteiger partial charge >= 0.3 is 0 Å². The predicted octanol–water partition coefficient (Wildman–Crippen LogP) is 0.781. The van der Waals surface area contributed by atoms with E-state index in [2.05, 4.69) is 9.97 Å². The maximum absolute atomic E-state index is 9.00. The van der Waals surface area contributed by atoms with Gasteiger partial charge in [-0.25, -0.2) is 4.98 Å². The van der Waals surface area contributed by atoms with E-state index in [9.17, 15) is 0 Å². The summed E-state index contributed by atoms with van der Waals surface area (Å²) in [7, 11) is 0. The molecule has 0 unspecified atom stereocenters. The van der Waals surface area contributed by atoms with Gasteiger partial charge in [0.25, 0.3) is 0 Å². The number of aryl methyl sites for hydroxylation is 1. The van der Waals surface area contributed by atoms with Crippen LogP contribution in [0.3, 0.4) is 0 Å². The van der Waals surface area contributed by atoms with Crippen molar-refractivity contribution in [1.29, 1.82) is 0 Å². The summed E-state index contributed by atoms with van der Waals surface area (Å²) in [6.07, 6.45) is 0. The number of hydrogen-bond acceptors (Lipinski definition) is 4. The molecule has 0 atom stereocenters. The molecule has 2 rings (SSSR count). The van der Waals surface area contributed by atoms with Crippen LogP contribution in [-0.4, -0.2) is 28.2 Å². The molecule has 0 aliphatic heterocycles. The average molecular weight is 248 g/mol. The summed E-state index contributed by atoms with van der Waals surface area (Å²) in [6, 6.07) is 9.86. The van der Waals surface area contributed by atoms with E-state index in [0.717, 1.165) is 17.1 Å². The molecule has 0 radical (unpaired) electrons. The Morgan fingerprint density at radius 1 is 1.17 bits per heavy atom. The van der Waals surface area contributed by atoms with E-state index in [-0.39, 0.29) is 6.61 Å². The van der Waals surface area contributed by atoms with Crippen molar-refractivity contribution in [2.45, 2.75) is 13.5 Å². The summed E-state index contributed by atoms with van der Waals surface area (Å²) in [4.78, 5) is 7.43. The lowest BCUT2D eigenvalue weighted by Crippen LogP contribution is -2.11. The summed E-state index contributed by atoms with van der Waals surface area (Å²) < 4.78 is 0. The Morgan fingerprint density at radius 3 is 2.22 bits per heavy atom. The molecule has 5 heteroatoms. The molecule has 0 aliphatic carbocycles. The van der Waals surface area contributed by atoms with Crippen LogP contribution in [0.4, 0.5) is 0 Å².